The van der Waals surface area contributed by atoms with E-state index in [1.807, 2.05) is 53.7 Å². The van der Waals surface area contributed by atoms with Gasteiger partial charge >= 0.3 is 11.9 Å². The Morgan fingerprint density at radius 3 is 2.18 bits per heavy atom. The molecular weight excluding hydrogens is 732 g/mol. The molecule has 5 rings (SSSR count). The molecule has 0 aromatic carbocycles. The maximum absolute atomic E-state index is 14.6. The summed E-state index contributed by atoms with van der Waals surface area (Å²) in [5.41, 5.74) is -1.69. The number of ether oxygens (including phenoxy) is 7. The van der Waals surface area contributed by atoms with Gasteiger partial charge in [0.05, 0.1) is 60.9 Å². The lowest BCUT2D eigenvalue weighted by molar-refractivity contribution is -0.409. The fourth-order valence-corrected chi connectivity index (χ4v) is 10.9. The molecule has 2 spiro atoms. The van der Waals surface area contributed by atoms with E-state index in [4.69, 9.17) is 33.2 Å². The van der Waals surface area contributed by atoms with Crippen molar-refractivity contribution in [2.24, 2.45) is 41.4 Å². The van der Waals surface area contributed by atoms with E-state index in [0.29, 0.717) is 51.4 Å². The normalized spacial score (nSPS) is 43.6. The summed E-state index contributed by atoms with van der Waals surface area (Å²) in [4.78, 5) is 39.6. The highest BCUT2D eigenvalue weighted by Crippen LogP contribution is 2.54. The topological polar surface area (TPSA) is 156 Å². The Bertz CT molecular complexity index is 1450. The summed E-state index contributed by atoms with van der Waals surface area (Å²) in [6.45, 7) is 21.2. The van der Waals surface area contributed by atoms with Crippen LogP contribution in [0.5, 0.6) is 0 Å². The number of ketones is 1. The molecule has 0 amide bonds. The second kappa shape index (κ2) is 18.0. The van der Waals surface area contributed by atoms with E-state index in [1.54, 1.807) is 6.92 Å². The Balaban J connectivity index is 1.36. The summed E-state index contributed by atoms with van der Waals surface area (Å²) >= 11 is 0. The lowest BCUT2D eigenvalue weighted by Gasteiger charge is -2.54. The monoisotopic (exact) mass is 807 g/mol. The van der Waals surface area contributed by atoms with Crippen molar-refractivity contribution in [3.63, 3.8) is 0 Å². The summed E-state index contributed by atoms with van der Waals surface area (Å²) in [6.07, 6.45) is 6.10. The van der Waals surface area contributed by atoms with E-state index < -0.39 is 58.9 Å². The minimum atomic E-state index is -1.37. The zero-order chi connectivity index (χ0) is 42.2. The van der Waals surface area contributed by atoms with Gasteiger partial charge in [-0.1, -0.05) is 55.4 Å². The summed E-state index contributed by atoms with van der Waals surface area (Å²) in [5, 5.41) is 23.0. The molecule has 5 heterocycles. The van der Waals surface area contributed by atoms with Crippen LogP contribution in [0, 0.1) is 41.4 Å². The Hall–Kier alpha value is -1.93. The third-order valence-corrected chi connectivity index (χ3v) is 14.9. The minimum absolute atomic E-state index is 0.00334. The SMILES string of the molecule is CC[C@@H](C(=O)[C@@H](C)[C@@H](O)[C@H](C)[C@@H]1O[C@@H]([C@@H](CC)C(=O)OC)CC[C@@H]1C)[C@H]1O[C@@]2(C=C[C@H](OC(C)=O)[C@]3(CC[C@@](C)([C@H]4CC[C@](O)(CC)[C@H](C)O4)O3)O2)[C@H](C)C[C@@H]1C. The average Bonchev–Trinajstić information content (AvgIpc) is 3.52. The molecule has 57 heavy (non-hydrogen) atoms. The highest BCUT2D eigenvalue weighted by molar-refractivity contribution is 5.84. The molecule has 0 radical (unpaired) electrons. The van der Waals surface area contributed by atoms with Gasteiger partial charge in [0.15, 0.2) is 11.9 Å². The number of aliphatic hydroxyl groups excluding tert-OH is 1. The summed E-state index contributed by atoms with van der Waals surface area (Å²) in [7, 11) is 1.39. The molecule has 2 N–H and O–H groups in total. The predicted octanol–water partition coefficient (Wildman–Crippen LogP) is 6.85. The first kappa shape index (κ1) is 46.1. The van der Waals surface area contributed by atoms with E-state index in [1.165, 1.54) is 14.0 Å². The van der Waals surface area contributed by atoms with Crippen molar-refractivity contribution in [2.45, 2.75) is 206 Å². The molecule has 326 valence electrons. The maximum atomic E-state index is 14.6. The number of carbonyl (C=O) groups is 3. The molecule has 0 unspecified atom stereocenters. The summed E-state index contributed by atoms with van der Waals surface area (Å²) in [6, 6.07) is 0. The van der Waals surface area contributed by atoms with Crippen LogP contribution < -0.4 is 0 Å². The van der Waals surface area contributed by atoms with Gasteiger partial charge in [-0.2, -0.15) is 0 Å². The first-order valence-corrected chi connectivity index (χ1v) is 22.0. The lowest BCUT2D eigenvalue weighted by Crippen LogP contribution is -2.63. The van der Waals surface area contributed by atoms with E-state index in [9.17, 15) is 24.6 Å². The third kappa shape index (κ3) is 8.94. The van der Waals surface area contributed by atoms with Gasteiger partial charge in [-0.15, -0.1) is 0 Å². The predicted molar refractivity (Wildman–Crippen MR) is 213 cm³/mol. The van der Waals surface area contributed by atoms with Crippen molar-refractivity contribution in [3.8, 4) is 0 Å². The lowest BCUT2D eigenvalue weighted by atomic mass is 9.72. The van der Waals surface area contributed by atoms with Crippen LogP contribution in [-0.2, 0) is 47.5 Å². The maximum Gasteiger partial charge on any atom is 0.311 e. The van der Waals surface area contributed by atoms with E-state index in [0.717, 1.165) is 12.8 Å². The zero-order valence-electron chi connectivity index (χ0n) is 36.8. The Morgan fingerprint density at radius 1 is 0.895 bits per heavy atom. The molecule has 5 aliphatic rings. The molecule has 0 aromatic rings. The molecule has 4 saturated heterocycles. The number of esters is 2. The number of hydrogen-bond acceptors (Lipinski definition) is 12. The molecular formula is C45H74O12. The summed E-state index contributed by atoms with van der Waals surface area (Å²) in [5.74, 6) is -5.47. The van der Waals surface area contributed by atoms with Gasteiger partial charge in [-0.25, -0.2) is 0 Å². The Kier molecular flexibility index (Phi) is 14.5. The van der Waals surface area contributed by atoms with Crippen molar-refractivity contribution in [1.29, 1.82) is 0 Å². The zero-order valence-corrected chi connectivity index (χ0v) is 36.8. The van der Waals surface area contributed by atoms with Crippen molar-refractivity contribution in [2.75, 3.05) is 7.11 Å². The number of hydrogen-bond donors (Lipinski definition) is 2. The van der Waals surface area contributed by atoms with Crippen LogP contribution in [0.2, 0.25) is 0 Å². The Morgan fingerprint density at radius 2 is 1.58 bits per heavy atom. The largest absolute Gasteiger partial charge is 0.469 e. The fraction of sp³-hybridized carbons (Fsp3) is 0.889. The molecule has 12 heteroatoms. The van der Waals surface area contributed by atoms with Crippen molar-refractivity contribution in [1.82, 2.24) is 0 Å². The van der Waals surface area contributed by atoms with Crippen molar-refractivity contribution >= 4 is 17.7 Å². The van der Waals surface area contributed by atoms with E-state index >= 15 is 0 Å². The van der Waals surface area contributed by atoms with Crippen LogP contribution in [0.15, 0.2) is 12.2 Å². The van der Waals surface area contributed by atoms with Crippen LogP contribution in [0.1, 0.15) is 140 Å². The standard InChI is InChI=1S/C45H74O12/c1-13-32(41(49)51-12)34-17-16-25(4)39(54-34)29(8)37(47)28(7)38(48)33(14-2)40-26(5)24-27(6)44(55-40)21-19-36(53-31(10)46)45(57-44)23-22-42(11,56-45)35-18-20-43(50,15-3)30(9)52-35/h19,21,25-30,32-37,39-40,47,50H,13-18,20,22-24H2,1-12H3/t25-,26-,27+,28-,29-,30-,32+,33-,34+,35+,36-,37+,39+,40-,42-,43+,44+,45-/m0/s1. The van der Waals surface area contributed by atoms with Gasteiger partial charge in [-0.3, -0.25) is 14.4 Å². The number of Topliss-reactive ketones (excluding diaryl/α,β-unsaturated/α-hetero) is 1. The van der Waals surface area contributed by atoms with Gasteiger partial charge < -0.3 is 43.4 Å². The quantitative estimate of drug-likeness (QED) is 0.148. The van der Waals surface area contributed by atoms with Crippen molar-refractivity contribution < 1.29 is 57.8 Å². The molecule has 18 atom stereocenters. The molecule has 0 aromatic heterocycles. The number of methoxy groups -OCH3 is 1. The van der Waals surface area contributed by atoms with Crippen LogP contribution >= 0.6 is 0 Å². The highest BCUT2D eigenvalue weighted by atomic mass is 16.8. The van der Waals surface area contributed by atoms with Crippen LogP contribution in [-0.4, -0.2) is 101 Å². The van der Waals surface area contributed by atoms with E-state index in [-0.39, 0.29) is 65.8 Å². The van der Waals surface area contributed by atoms with Gasteiger partial charge in [0, 0.05) is 37.0 Å². The molecule has 5 aliphatic heterocycles. The number of rotatable bonds is 13. The summed E-state index contributed by atoms with van der Waals surface area (Å²) < 4.78 is 45.1. The van der Waals surface area contributed by atoms with E-state index in [2.05, 4.69) is 20.8 Å². The second-order valence-corrected chi connectivity index (χ2v) is 18.7. The van der Waals surface area contributed by atoms with Gasteiger partial charge in [0.2, 0.25) is 5.79 Å². The molecule has 12 nitrogen and oxygen atoms in total. The van der Waals surface area contributed by atoms with Crippen LogP contribution in [0.25, 0.3) is 0 Å². The second-order valence-electron chi connectivity index (χ2n) is 18.7. The van der Waals surface area contributed by atoms with Gasteiger partial charge in [0.1, 0.15) is 5.78 Å². The molecule has 0 saturated carbocycles. The molecule has 4 fully saturated rings. The van der Waals surface area contributed by atoms with Crippen LogP contribution in [0.4, 0.5) is 0 Å². The van der Waals surface area contributed by atoms with Gasteiger partial charge in [-0.05, 0) is 95.6 Å². The van der Waals surface area contributed by atoms with Crippen LogP contribution in [0.3, 0.4) is 0 Å². The number of carbonyl (C=O) groups excluding carboxylic acids is 3. The number of aliphatic hydroxyl groups is 2. The minimum Gasteiger partial charge on any atom is -0.469 e. The van der Waals surface area contributed by atoms with Crippen molar-refractivity contribution in [3.05, 3.63) is 12.2 Å². The Labute approximate surface area is 341 Å². The molecule has 0 bridgehead atoms. The fourth-order valence-electron chi connectivity index (χ4n) is 10.9. The molecule has 0 aliphatic carbocycles. The average molecular weight is 807 g/mol. The van der Waals surface area contributed by atoms with Gasteiger partial charge in [0.25, 0.3) is 0 Å². The first-order valence-electron chi connectivity index (χ1n) is 22.0. The highest BCUT2D eigenvalue weighted by Gasteiger charge is 2.64. The third-order valence-electron chi connectivity index (χ3n) is 14.9. The first-order chi connectivity index (χ1) is 26.7. The smallest absolute Gasteiger partial charge is 0.311 e.